The van der Waals surface area contributed by atoms with Crippen LogP contribution in [0.25, 0.3) is 10.9 Å². The Morgan fingerprint density at radius 1 is 1.14 bits per heavy atom. The van der Waals surface area contributed by atoms with Crippen LogP contribution >= 0.6 is 0 Å². The number of hydrogen-bond acceptors (Lipinski definition) is 4. The molecule has 1 heterocycles. The SMILES string of the molecule is CCCNc1nc(N(C)C(C)(C)CC)c2ccccc2n1. The first-order valence-corrected chi connectivity index (χ1v) is 7.74. The predicted octanol–water partition coefficient (Wildman–Crippen LogP) is 4.08. The molecule has 0 aliphatic carbocycles. The fraction of sp³-hybridized carbons (Fsp3) is 0.529. The van der Waals surface area contributed by atoms with E-state index < -0.39 is 0 Å². The van der Waals surface area contributed by atoms with Gasteiger partial charge in [-0.2, -0.15) is 4.98 Å². The smallest absolute Gasteiger partial charge is 0.225 e. The first-order chi connectivity index (χ1) is 9.99. The van der Waals surface area contributed by atoms with E-state index in [1.807, 2.05) is 18.2 Å². The molecule has 0 fully saturated rings. The lowest BCUT2D eigenvalue weighted by atomic mass is 9.99. The molecular formula is C17H26N4. The molecule has 0 saturated carbocycles. The summed E-state index contributed by atoms with van der Waals surface area (Å²) in [5.41, 5.74) is 1.04. The predicted molar refractivity (Wildman–Crippen MR) is 91.1 cm³/mol. The Morgan fingerprint density at radius 3 is 2.52 bits per heavy atom. The van der Waals surface area contributed by atoms with Crippen LogP contribution in [0.15, 0.2) is 24.3 Å². The van der Waals surface area contributed by atoms with Gasteiger partial charge in [-0.05, 0) is 38.8 Å². The fourth-order valence-electron chi connectivity index (χ4n) is 2.16. The highest BCUT2D eigenvalue weighted by atomic mass is 15.3. The van der Waals surface area contributed by atoms with Crippen molar-refractivity contribution in [3.8, 4) is 0 Å². The monoisotopic (exact) mass is 286 g/mol. The van der Waals surface area contributed by atoms with Gasteiger partial charge in [-0.15, -0.1) is 0 Å². The molecule has 0 spiro atoms. The molecule has 2 rings (SSSR count). The average molecular weight is 286 g/mol. The van der Waals surface area contributed by atoms with Crippen molar-refractivity contribution in [2.45, 2.75) is 46.1 Å². The molecule has 0 unspecified atom stereocenters. The summed E-state index contributed by atoms with van der Waals surface area (Å²) in [6.07, 6.45) is 2.11. The van der Waals surface area contributed by atoms with Gasteiger partial charge in [0.05, 0.1) is 5.52 Å². The second-order valence-corrected chi connectivity index (χ2v) is 6.04. The summed E-state index contributed by atoms with van der Waals surface area (Å²) in [5, 5.41) is 4.40. The Kier molecular flexibility index (Phi) is 4.66. The van der Waals surface area contributed by atoms with Crippen LogP contribution in [-0.2, 0) is 0 Å². The largest absolute Gasteiger partial charge is 0.354 e. The van der Waals surface area contributed by atoms with Crippen molar-refractivity contribution in [3.05, 3.63) is 24.3 Å². The summed E-state index contributed by atoms with van der Waals surface area (Å²) in [4.78, 5) is 11.6. The van der Waals surface area contributed by atoms with E-state index in [-0.39, 0.29) is 5.54 Å². The van der Waals surface area contributed by atoms with Crippen LogP contribution in [0.5, 0.6) is 0 Å². The maximum atomic E-state index is 4.76. The first-order valence-electron chi connectivity index (χ1n) is 7.74. The van der Waals surface area contributed by atoms with E-state index in [1.165, 1.54) is 0 Å². The summed E-state index contributed by atoms with van der Waals surface area (Å²) in [5.74, 6) is 1.70. The summed E-state index contributed by atoms with van der Waals surface area (Å²) in [6.45, 7) is 9.71. The number of nitrogens with zero attached hydrogens (tertiary/aromatic N) is 3. The number of fused-ring (bicyclic) bond motifs is 1. The topological polar surface area (TPSA) is 41.1 Å². The Hall–Kier alpha value is -1.84. The molecule has 4 heteroatoms. The standard InChI is InChI=1S/C17H26N4/c1-6-12-18-16-19-14-11-9-8-10-13(14)15(20-16)21(5)17(3,4)7-2/h8-11H,6-7,12H2,1-5H3,(H,18,19,20). The number of hydrogen-bond donors (Lipinski definition) is 1. The van der Waals surface area contributed by atoms with Gasteiger partial charge in [-0.3, -0.25) is 0 Å². The minimum absolute atomic E-state index is 0.0547. The van der Waals surface area contributed by atoms with Gasteiger partial charge < -0.3 is 10.2 Å². The lowest BCUT2D eigenvalue weighted by Crippen LogP contribution is -2.41. The van der Waals surface area contributed by atoms with Crippen molar-refractivity contribution in [1.29, 1.82) is 0 Å². The third-order valence-electron chi connectivity index (χ3n) is 4.21. The zero-order valence-corrected chi connectivity index (χ0v) is 13.8. The molecule has 0 aliphatic rings. The zero-order chi connectivity index (χ0) is 15.5. The molecule has 0 bridgehead atoms. The van der Waals surface area contributed by atoms with Gasteiger partial charge in [-0.25, -0.2) is 4.98 Å². The molecule has 1 aromatic carbocycles. The maximum Gasteiger partial charge on any atom is 0.225 e. The number of benzene rings is 1. The molecule has 0 radical (unpaired) electrons. The molecule has 0 aliphatic heterocycles. The van der Waals surface area contributed by atoms with Gasteiger partial charge in [0, 0.05) is 24.5 Å². The van der Waals surface area contributed by atoms with Gasteiger partial charge >= 0.3 is 0 Å². The van der Waals surface area contributed by atoms with Gasteiger partial charge in [-0.1, -0.05) is 26.0 Å². The van der Waals surface area contributed by atoms with E-state index in [9.17, 15) is 0 Å². The Labute approximate surface area is 127 Å². The molecule has 0 amide bonds. The molecule has 21 heavy (non-hydrogen) atoms. The van der Waals surface area contributed by atoms with E-state index in [1.54, 1.807) is 0 Å². The van der Waals surface area contributed by atoms with Crippen LogP contribution in [0.2, 0.25) is 0 Å². The fourth-order valence-corrected chi connectivity index (χ4v) is 2.16. The molecular weight excluding hydrogens is 260 g/mol. The number of aromatic nitrogens is 2. The zero-order valence-electron chi connectivity index (χ0n) is 13.8. The van der Waals surface area contributed by atoms with Gasteiger partial charge in [0.1, 0.15) is 5.82 Å². The summed E-state index contributed by atoms with van der Waals surface area (Å²) < 4.78 is 0. The molecule has 2 aromatic rings. The first kappa shape index (κ1) is 15.5. The molecule has 114 valence electrons. The molecule has 1 aromatic heterocycles. The van der Waals surface area contributed by atoms with Crippen molar-refractivity contribution >= 4 is 22.7 Å². The highest BCUT2D eigenvalue weighted by Gasteiger charge is 2.24. The highest BCUT2D eigenvalue weighted by molar-refractivity contribution is 5.90. The van der Waals surface area contributed by atoms with Crippen LogP contribution in [0.1, 0.15) is 40.5 Å². The van der Waals surface area contributed by atoms with Crippen molar-refractivity contribution in [3.63, 3.8) is 0 Å². The number of nitrogens with one attached hydrogen (secondary N) is 1. The minimum atomic E-state index is 0.0547. The Bertz CT molecular complexity index is 607. The van der Waals surface area contributed by atoms with Gasteiger partial charge in [0.25, 0.3) is 0 Å². The maximum absolute atomic E-state index is 4.76. The normalized spacial score (nSPS) is 11.7. The summed E-state index contributed by atoms with van der Waals surface area (Å²) in [7, 11) is 2.11. The van der Waals surface area contributed by atoms with Gasteiger partial charge in [0.2, 0.25) is 5.95 Å². The third-order valence-corrected chi connectivity index (χ3v) is 4.21. The Morgan fingerprint density at radius 2 is 1.86 bits per heavy atom. The van der Waals surface area contributed by atoms with Crippen molar-refractivity contribution < 1.29 is 0 Å². The molecule has 1 N–H and O–H groups in total. The van der Waals surface area contributed by atoms with Crippen molar-refractivity contribution in [1.82, 2.24) is 9.97 Å². The van der Waals surface area contributed by atoms with E-state index in [2.05, 4.69) is 56.0 Å². The van der Waals surface area contributed by atoms with Crippen LogP contribution in [-0.4, -0.2) is 29.1 Å². The van der Waals surface area contributed by atoms with E-state index in [0.29, 0.717) is 5.95 Å². The number of rotatable bonds is 6. The third kappa shape index (κ3) is 3.26. The van der Waals surface area contributed by atoms with E-state index >= 15 is 0 Å². The summed E-state index contributed by atoms with van der Waals surface area (Å²) in [6, 6.07) is 8.20. The molecule has 4 nitrogen and oxygen atoms in total. The van der Waals surface area contributed by atoms with Crippen molar-refractivity contribution in [2.75, 3.05) is 23.8 Å². The Balaban J connectivity index is 2.54. The van der Waals surface area contributed by atoms with Crippen LogP contribution < -0.4 is 10.2 Å². The van der Waals surface area contributed by atoms with Crippen LogP contribution in [0.4, 0.5) is 11.8 Å². The number of para-hydroxylation sites is 1. The van der Waals surface area contributed by atoms with E-state index in [4.69, 9.17) is 4.98 Å². The summed E-state index contributed by atoms with van der Waals surface area (Å²) >= 11 is 0. The second kappa shape index (κ2) is 6.29. The quantitative estimate of drug-likeness (QED) is 0.869. The average Bonchev–Trinajstić information content (AvgIpc) is 2.51. The van der Waals surface area contributed by atoms with Crippen LogP contribution in [0.3, 0.4) is 0 Å². The van der Waals surface area contributed by atoms with Crippen LogP contribution in [0, 0.1) is 0 Å². The van der Waals surface area contributed by atoms with Crippen molar-refractivity contribution in [2.24, 2.45) is 0 Å². The molecule has 0 saturated heterocycles. The minimum Gasteiger partial charge on any atom is -0.354 e. The van der Waals surface area contributed by atoms with E-state index in [0.717, 1.165) is 36.1 Å². The number of anilines is 2. The molecule has 0 atom stereocenters. The van der Waals surface area contributed by atoms with Gasteiger partial charge in [0.15, 0.2) is 0 Å². The lowest BCUT2D eigenvalue weighted by Gasteiger charge is -2.36. The second-order valence-electron chi connectivity index (χ2n) is 6.04. The lowest BCUT2D eigenvalue weighted by molar-refractivity contribution is 0.468. The highest BCUT2D eigenvalue weighted by Crippen LogP contribution is 2.30.